The number of nitrogens with one attached hydrogen (secondary N) is 3. The van der Waals surface area contributed by atoms with Crippen molar-refractivity contribution in [2.45, 2.75) is 32.2 Å². The number of carbonyl (C=O) groups is 1. The summed E-state index contributed by atoms with van der Waals surface area (Å²) in [5.41, 5.74) is 12.1. The number of hydrogen-bond acceptors (Lipinski definition) is 5. The van der Waals surface area contributed by atoms with Gasteiger partial charge in [-0.2, -0.15) is 0 Å². The summed E-state index contributed by atoms with van der Waals surface area (Å²) in [5.74, 6) is 0.810. The minimum Gasteiger partial charge on any atom is -0.382 e. The second-order valence-electron chi connectivity index (χ2n) is 10.0. The summed E-state index contributed by atoms with van der Waals surface area (Å²) in [6.45, 7) is 1.98. The second-order valence-corrected chi connectivity index (χ2v) is 10.0. The monoisotopic (exact) mass is 535 g/mol. The van der Waals surface area contributed by atoms with Gasteiger partial charge >= 0.3 is 6.03 Å². The molecule has 1 aliphatic rings. The lowest BCUT2D eigenvalue weighted by Crippen LogP contribution is -2.26. The SMILES string of the molecule is CNC1CC=C(c2cnc(N)c3c(-c4ccc(NC(=O)Nc5cccc(F)c5)c5ccccc45)nc(C)n23)CC1. The number of anilines is 3. The Morgan fingerprint density at radius 2 is 1.90 bits per heavy atom. The third-order valence-corrected chi connectivity index (χ3v) is 7.51. The minimum absolute atomic E-state index is 0.367. The molecule has 6 rings (SSSR count). The molecule has 0 spiro atoms. The first kappa shape index (κ1) is 25.5. The van der Waals surface area contributed by atoms with Crippen LogP contribution in [0.3, 0.4) is 0 Å². The van der Waals surface area contributed by atoms with E-state index in [1.54, 1.807) is 12.1 Å². The Balaban J connectivity index is 1.41. The van der Waals surface area contributed by atoms with Gasteiger partial charge in [-0.25, -0.2) is 19.2 Å². The Morgan fingerprint density at radius 1 is 1.07 bits per heavy atom. The van der Waals surface area contributed by atoms with Gasteiger partial charge in [-0.05, 0) is 68.5 Å². The fourth-order valence-corrected chi connectivity index (χ4v) is 5.52. The van der Waals surface area contributed by atoms with Crippen molar-refractivity contribution in [1.29, 1.82) is 0 Å². The number of allylic oxidation sites excluding steroid dienone is 1. The van der Waals surface area contributed by atoms with Crippen molar-refractivity contribution in [3.8, 4) is 11.3 Å². The smallest absolute Gasteiger partial charge is 0.323 e. The van der Waals surface area contributed by atoms with Crippen LogP contribution in [0, 0.1) is 12.7 Å². The third kappa shape index (κ3) is 4.65. The van der Waals surface area contributed by atoms with Crippen molar-refractivity contribution in [1.82, 2.24) is 19.7 Å². The summed E-state index contributed by atoms with van der Waals surface area (Å²) < 4.78 is 15.7. The fourth-order valence-electron chi connectivity index (χ4n) is 5.52. The second kappa shape index (κ2) is 10.4. The molecule has 1 unspecified atom stereocenters. The molecule has 0 fully saturated rings. The standard InChI is InChI=1S/C31H30FN7O/c1-18-36-28(29-30(33)35-17-27(39(18)29)19-10-12-21(34-2)13-11-19)25-14-15-26(24-9-4-3-8-23(24)25)38-31(40)37-22-7-5-6-20(32)16-22/h3-10,14-17,21,34H,11-13H2,1-2H3,(H2,33,35)(H2,37,38,40). The molecule has 1 atom stereocenters. The number of fused-ring (bicyclic) bond motifs is 2. The molecule has 3 aromatic carbocycles. The van der Waals surface area contributed by atoms with Gasteiger partial charge in [-0.15, -0.1) is 0 Å². The topological polar surface area (TPSA) is 109 Å². The molecule has 2 heterocycles. The first-order valence-corrected chi connectivity index (χ1v) is 13.3. The zero-order chi connectivity index (χ0) is 27.8. The van der Waals surface area contributed by atoms with Crippen LogP contribution in [0.2, 0.25) is 0 Å². The third-order valence-electron chi connectivity index (χ3n) is 7.51. The first-order chi connectivity index (χ1) is 19.4. The highest BCUT2D eigenvalue weighted by atomic mass is 19.1. The number of nitrogens with zero attached hydrogens (tertiary/aromatic N) is 3. The average molecular weight is 536 g/mol. The van der Waals surface area contributed by atoms with Gasteiger partial charge in [-0.1, -0.05) is 42.5 Å². The van der Waals surface area contributed by atoms with Crippen LogP contribution in [-0.4, -0.2) is 33.5 Å². The molecule has 40 heavy (non-hydrogen) atoms. The molecule has 8 nitrogen and oxygen atoms in total. The van der Waals surface area contributed by atoms with Gasteiger partial charge in [0.15, 0.2) is 0 Å². The molecule has 2 aromatic heterocycles. The summed E-state index contributed by atoms with van der Waals surface area (Å²) in [5, 5.41) is 10.7. The lowest BCUT2D eigenvalue weighted by atomic mass is 9.93. The van der Waals surface area contributed by atoms with E-state index in [1.807, 2.05) is 56.6 Å². The van der Waals surface area contributed by atoms with Crippen LogP contribution >= 0.6 is 0 Å². The normalized spacial score (nSPS) is 15.3. The Labute approximate surface area is 231 Å². The molecule has 0 saturated carbocycles. The number of urea groups is 1. The maximum absolute atomic E-state index is 13.6. The van der Waals surface area contributed by atoms with Gasteiger partial charge in [-0.3, -0.25) is 4.40 Å². The molecule has 0 saturated heterocycles. The number of aryl methyl sites for hydroxylation is 1. The lowest BCUT2D eigenvalue weighted by Gasteiger charge is -2.22. The number of benzene rings is 3. The highest BCUT2D eigenvalue weighted by molar-refractivity contribution is 6.11. The van der Waals surface area contributed by atoms with E-state index in [-0.39, 0.29) is 0 Å². The molecule has 0 aliphatic heterocycles. The van der Waals surface area contributed by atoms with E-state index in [0.717, 1.165) is 58.3 Å². The number of rotatable bonds is 5. The lowest BCUT2D eigenvalue weighted by molar-refractivity contribution is 0.262. The number of nitrogen functional groups attached to an aromatic ring is 1. The number of carbonyl (C=O) groups excluding carboxylic acids is 1. The Hall–Kier alpha value is -4.76. The van der Waals surface area contributed by atoms with Crippen molar-refractivity contribution in [2.75, 3.05) is 23.4 Å². The van der Waals surface area contributed by atoms with Gasteiger partial charge < -0.3 is 21.7 Å². The number of amides is 2. The number of nitrogens with two attached hydrogens (primary N) is 1. The van der Waals surface area contributed by atoms with E-state index < -0.39 is 11.8 Å². The van der Waals surface area contributed by atoms with Crippen LogP contribution in [0.4, 0.5) is 26.4 Å². The molecule has 1 aliphatic carbocycles. The Morgan fingerprint density at radius 3 is 2.65 bits per heavy atom. The molecule has 202 valence electrons. The van der Waals surface area contributed by atoms with Crippen LogP contribution in [0.5, 0.6) is 0 Å². The van der Waals surface area contributed by atoms with Crippen molar-refractivity contribution in [3.63, 3.8) is 0 Å². The molecular formula is C31H30FN7O. The van der Waals surface area contributed by atoms with Gasteiger partial charge in [0.2, 0.25) is 0 Å². The largest absolute Gasteiger partial charge is 0.382 e. The van der Waals surface area contributed by atoms with Crippen LogP contribution in [0.15, 0.2) is 72.9 Å². The van der Waals surface area contributed by atoms with Gasteiger partial charge in [0, 0.05) is 22.7 Å². The summed E-state index contributed by atoms with van der Waals surface area (Å²) in [6, 6.07) is 17.4. The van der Waals surface area contributed by atoms with E-state index in [1.165, 1.54) is 17.7 Å². The Kier molecular flexibility index (Phi) is 6.65. The molecule has 0 bridgehead atoms. The quantitative estimate of drug-likeness (QED) is 0.209. The van der Waals surface area contributed by atoms with Crippen molar-refractivity contribution in [3.05, 3.63) is 90.3 Å². The highest BCUT2D eigenvalue weighted by Gasteiger charge is 2.22. The molecule has 5 aromatic rings. The first-order valence-electron chi connectivity index (χ1n) is 13.3. The van der Waals surface area contributed by atoms with E-state index in [4.69, 9.17) is 10.7 Å². The molecule has 0 radical (unpaired) electrons. The molecule has 2 amide bonds. The highest BCUT2D eigenvalue weighted by Crippen LogP contribution is 2.38. The van der Waals surface area contributed by atoms with Crippen LogP contribution < -0.4 is 21.7 Å². The van der Waals surface area contributed by atoms with E-state index in [9.17, 15) is 9.18 Å². The minimum atomic E-state index is -0.467. The van der Waals surface area contributed by atoms with Gasteiger partial charge in [0.05, 0.1) is 17.6 Å². The van der Waals surface area contributed by atoms with Gasteiger partial charge in [0.1, 0.15) is 28.7 Å². The number of hydrogen-bond donors (Lipinski definition) is 4. The molecular weight excluding hydrogens is 505 g/mol. The van der Waals surface area contributed by atoms with Crippen LogP contribution in [0.1, 0.15) is 30.8 Å². The summed E-state index contributed by atoms with van der Waals surface area (Å²) in [6.07, 6.45) is 7.08. The van der Waals surface area contributed by atoms with E-state index >= 15 is 0 Å². The number of halogens is 1. The van der Waals surface area contributed by atoms with Crippen molar-refractivity contribution < 1.29 is 9.18 Å². The van der Waals surface area contributed by atoms with Crippen molar-refractivity contribution in [2.24, 2.45) is 0 Å². The van der Waals surface area contributed by atoms with E-state index in [0.29, 0.717) is 23.2 Å². The number of imidazole rings is 1. The zero-order valence-electron chi connectivity index (χ0n) is 22.3. The number of aromatic nitrogens is 3. The van der Waals surface area contributed by atoms with E-state index in [2.05, 4.69) is 31.4 Å². The fraction of sp³-hybridized carbons (Fsp3) is 0.194. The Bertz CT molecular complexity index is 1790. The summed E-state index contributed by atoms with van der Waals surface area (Å²) in [4.78, 5) is 22.3. The van der Waals surface area contributed by atoms with Gasteiger partial charge in [0.25, 0.3) is 0 Å². The zero-order valence-corrected chi connectivity index (χ0v) is 22.3. The predicted octanol–water partition coefficient (Wildman–Crippen LogP) is 6.38. The maximum atomic E-state index is 13.6. The summed E-state index contributed by atoms with van der Waals surface area (Å²) in [7, 11) is 2.00. The van der Waals surface area contributed by atoms with Crippen LogP contribution in [-0.2, 0) is 0 Å². The van der Waals surface area contributed by atoms with Crippen molar-refractivity contribution >= 4 is 45.1 Å². The average Bonchev–Trinajstić information content (AvgIpc) is 3.31. The summed E-state index contributed by atoms with van der Waals surface area (Å²) >= 11 is 0. The predicted molar refractivity (Wildman–Crippen MR) is 159 cm³/mol. The molecule has 9 heteroatoms. The maximum Gasteiger partial charge on any atom is 0.323 e. The molecule has 5 N–H and O–H groups in total. The van der Waals surface area contributed by atoms with Crippen LogP contribution in [0.25, 0.3) is 33.1 Å².